The van der Waals surface area contributed by atoms with Crippen molar-refractivity contribution in [1.29, 1.82) is 0 Å². The van der Waals surface area contributed by atoms with Crippen LogP contribution in [0.2, 0.25) is 0 Å². The van der Waals surface area contributed by atoms with Crippen LogP contribution >= 0.6 is 0 Å². The molecule has 8 nitrogen and oxygen atoms in total. The molecule has 1 aliphatic heterocycles. The van der Waals surface area contributed by atoms with Gasteiger partial charge in [-0.25, -0.2) is 18.4 Å². The monoisotopic (exact) mass is 355 g/mol. The van der Waals surface area contributed by atoms with E-state index in [1.165, 1.54) is 4.90 Å². The fourth-order valence-corrected chi connectivity index (χ4v) is 3.02. The van der Waals surface area contributed by atoms with Crippen molar-refractivity contribution < 1.29 is 22.7 Å². The van der Waals surface area contributed by atoms with E-state index < -0.39 is 27.0 Å². The summed E-state index contributed by atoms with van der Waals surface area (Å²) in [5.41, 5.74) is 0.442. The Morgan fingerprint density at radius 1 is 1.29 bits per heavy atom. The van der Waals surface area contributed by atoms with Gasteiger partial charge in [0.2, 0.25) is 15.9 Å². The first-order chi connectivity index (χ1) is 11.0. The number of sulfonamides is 1. The molecule has 1 aromatic rings. The lowest BCUT2D eigenvalue weighted by Gasteiger charge is -2.20. The van der Waals surface area contributed by atoms with Crippen molar-refractivity contribution in [1.82, 2.24) is 0 Å². The Bertz CT molecular complexity index is 737. The zero-order valence-corrected chi connectivity index (χ0v) is 14.6. The molecule has 2 amide bonds. The Kier molecular flexibility index (Phi) is 4.86. The standard InChI is InChI=1S/C15H21N3O5S/c1-15(2,3)23-14(20)17-10-4-6-11(7-5-10)18-9-12(8-13(18)19)24(16,21)22/h4-7,12H,8-9H2,1-3H3,(H,17,20)(H2,16,21,22). The minimum Gasteiger partial charge on any atom is -0.444 e. The van der Waals surface area contributed by atoms with Gasteiger partial charge in [-0.05, 0) is 45.0 Å². The maximum atomic E-state index is 12.0. The van der Waals surface area contributed by atoms with Gasteiger partial charge in [0.05, 0.1) is 0 Å². The molecule has 1 unspecified atom stereocenters. The number of hydrogen-bond acceptors (Lipinski definition) is 5. The zero-order chi connectivity index (χ0) is 18.1. The number of rotatable bonds is 3. The summed E-state index contributed by atoms with van der Waals surface area (Å²) in [4.78, 5) is 25.0. The average Bonchev–Trinajstić information content (AvgIpc) is 2.79. The van der Waals surface area contributed by atoms with Crippen LogP contribution in [0.5, 0.6) is 0 Å². The van der Waals surface area contributed by atoms with Crippen LogP contribution in [0, 0.1) is 0 Å². The molecule has 1 saturated heterocycles. The molecule has 0 bridgehead atoms. The van der Waals surface area contributed by atoms with Gasteiger partial charge in [0, 0.05) is 24.3 Å². The summed E-state index contributed by atoms with van der Waals surface area (Å²) in [5, 5.41) is 6.79. The van der Waals surface area contributed by atoms with Crippen molar-refractivity contribution in [2.24, 2.45) is 5.14 Å². The van der Waals surface area contributed by atoms with Crippen LogP contribution < -0.4 is 15.4 Å². The highest BCUT2D eigenvalue weighted by atomic mass is 32.2. The molecule has 0 aliphatic carbocycles. The molecule has 132 valence electrons. The van der Waals surface area contributed by atoms with Gasteiger partial charge in [-0.15, -0.1) is 0 Å². The quantitative estimate of drug-likeness (QED) is 0.850. The number of hydrogen-bond donors (Lipinski definition) is 2. The van der Waals surface area contributed by atoms with E-state index >= 15 is 0 Å². The highest BCUT2D eigenvalue weighted by molar-refractivity contribution is 7.89. The van der Waals surface area contributed by atoms with E-state index in [1.807, 2.05) is 0 Å². The molecule has 0 spiro atoms. The van der Waals surface area contributed by atoms with Gasteiger partial charge in [-0.2, -0.15) is 0 Å². The molecule has 2 rings (SSSR count). The van der Waals surface area contributed by atoms with Gasteiger partial charge in [-0.3, -0.25) is 10.1 Å². The summed E-state index contributed by atoms with van der Waals surface area (Å²) >= 11 is 0. The predicted octanol–water partition coefficient (Wildman–Crippen LogP) is 1.43. The Morgan fingerprint density at radius 2 is 1.88 bits per heavy atom. The summed E-state index contributed by atoms with van der Waals surface area (Å²) in [7, 11) is -3.75. The first-order valence-electron chi connectivity index (χ1n) is 7.38. The van der Waals surface area contributed by atoms with E-state index in [2.05, 4.69) is 5.32 Å². The number of nitrogens with zero attached hydrogens (tertiary/aromatic N) is 1. The number of ether oxygens (including phenoxy) is 1. The van der Waals surface area contributed by atoms with Crippen molar-refractivity contribution in [3.8, 4) is 0 Å². The fourth-order valence-electron chi connectivity index (χ4n) is 2.29. The lowest BCUT2D eigenvalue weighted by molar-refractivity contribution is -0.117. The molecule has 0 saturated carbocycles. The molecule has 1 aliphatic rings. The summed E-state index contributed by atoms with van der Waals surface area (Å²) < 4.78 is 27.9. The normalized spacial score (nSPS) is 18.6. The van der Waals surface area contributed by atoms with E-state index in [1.54, 1.807) is 45.0 Å². The second kappa shape index (κ2) is 6.40. The Morgan fingerprint density at radius 3 is 2.33 bits per heavy atom. The Hall–Kier alpha value is -2.13. The Labute approximate surface area is 141 Å². The van der Waals surface area contributed by atoms with Crippen LogP contribution in [0.3, 0.4) is 0 Å². The molecule has 0 aromatic heterocycles. The third-order valence-corrected chi connectivity index (χ3v) is 4.62. The fraction of sp³-hybridized carbons (Fsp3) is 0.467. The van der Waals surface area contributed by atoms with Gasteiger partial charge in [0.15, 0.2) is 0 Å². The Balaban J connectivity index is 2.05. The average molecular weight is 355 g/mol. The smallest absolute Gasteiger partial charge is 0.412 e. The van der Waals surface area contributed by atoms with E-state index in [4.69, 9.17) is 9.88 Å². The predicted molar refractivity (Wildman–Crippen MR) is 90.2 cm³/mol. The van der Waals surface area contributed by atoms with Crippen molar-refractivity contribution in [2.75, 3.05) is 16.8 Å². The number of benzene rings is 1. The zero-order valence-electron chi connectivity index (χ0n) is 13.8. The van der Waals surface area contributed by atoms with Crippen molar-refractivity contribution in [3.63, 3.8) is 0 Å². The van der Waals surface area contributed by atoms with Crippen LogP contribution in [-0.4, -0.2) is 37.8 Å². The lowest BCUT2D eigenvalue weighted by Crippen LogP contribution is -2.32. The molecule has 1 aromatic carbocycles. The van der Waals surface area contributed by atoms with Crippen LogP contribution in [0.25, 0.3) is 0 Å². The number of anilines is 2. The summed E-state index contributed by atoms with van der Waals surface area (Å²) in [6.45, 7) is 5.31. The molecular formula is C15H21N3O5S. The van der Waals surface area contributed by atoms with Crippen LogP contribution in [0.1, 0.15) is 27.2 Å². The lowest BCUT2D eigenvalue weighted by atomic mass is 10.2. The summed E-state index contributed by atoms with van der Waals surface area (Å²) in [5.74, 6) is -0.304. The number of primary sulfonamides is 1. The van der Waals surface area contributed by atoms with E-state index in [0.29, 0.717) is 11.4 Å². The second-order valence-corrected chi connectivity index (χ2v) is 8.44. The maximum absolute atomic E-state index is 12.0. The minimum absolute atomic E-state index is 0.0243. The topological polar surface area (TPSA) is 119 Å². The van der Waals surface area contributed by atoms with E-state index in [9.17, 15) is 18.0 Å². The molecule has 1 atom stereocenters. The number of amides is 2. The van der Waals surface area contributed by atoms with E-state index in [-0.39, 0.29) is 18.9 Å². The largest absolute Gasteiger partial charge is 0.444 e. The van der Waals surface area contributed by atoms with Gasteiger partial charge in [-0.1, -0.05) is 0 Å². The van der Waals surface area contributed by atoms with Crippen LogP contribution in [-0.2, 0) is 19.6 Å². The first kappa shape index (κ1) is 18.2. The third-order valence-electron chi connectivity index (χ3n) is 3.38. The van der Waals surface area contributed by atoms with Crippen molar-refractivity contribution in [3.05, 3.63) is 24.3 Å². The highest BCUT2D eigenvalue weighted by Crippen LogP contribution is 2.25. The van der Waals surface area contributed by atoms with Crippen molar-refractivity contribution in [2.45, 2.75) is 38.0 Å². The SMILES string of the molecule is CC(C)(C)OC(=O)Nc1ccc(N2CC(S(N)(=O)=O)CC2=O)cc1. The number of nitrogens with one attached hydrogen (secondary N) is 1. The molecule has 9 heteroatoms. The third kappa shape index (κ3) is 4.68. The van der Waals surface area contributed by atoms with E-state index in [0.717, 1.165) is 0 Å². The molecule has 3 N–H and O–H groups in total. The molecule has 1 heterocycles. The minimum atomic E-state index is -3.75. The molecule has 1 fully saturated rings. The summed E-state index contributed by atoms with van der Waals surface area (Å²) in [6.07, 6.45) is -0.710. The molecular weight excluding hydrogens is 334 g/mol. The first-order valence-corrected chi connectivity index (χ1v) is 8.99. The van der Waals surface area contributed by atoms with Gasteiger partial charge < -0.3 is 9.64 Å². The van der Waals surface area contributed by atoms with Gasteiger partial charge >= 0.3 is 6.09 Å². The second-order valence-electron chi connectivity index (χ2n) is 6.59. The van der Waals surface area contributed by atoms with Gasteiger partial charge in [0.1, 0.15) is 10.9 Å². The number of carbonyl (C=O) groups excluding carboxylic acids is 2. The summed E-state index contributed by atoms with van der Waals surface area (Å²) in [6, 6.07) is 6.46. The molecule has 24 heavy (non-hydrogen) atoms. The highest BCUT2D eigenvalue weighted by Gasteiger charge is 2.37. The van der Waals surface area contributed by atoms with Crippen LogP contribution in [0.4, 0.5) is 16.2 Å². The number of nitrogens with two attached hydrogens (primary N) is 1. The molecule has 0 radical (unpaired) electrons. The van der Waals surface area contributed by atoms with Gasteiger partial charge in [0.25, 0.3) is 0 Å². The number of carbonyl (C=O) groups is 2. The van der Waals surface area contributed by atoms with Crippen molar-refractivity contribution >= 4 is 33.4 Å². The maximum Gasteiger partial charge on any atom is 0.412 e. The van der Waals surface area contributed by atoms with Crippen LogP contribution in [0.15, 0.2) is 24.3 Å².